The number of benzene rings is 2. The van der Waals surface area contributed by atoms with Crippen molar-refractivity contribution < 1.29 is 34.6 Å². The van der Waals surface area contributed by atoms with Gasteiger partial charge >= 0.3 is 5.51 Å². The molecule has 0 saturated carbocycles. The van der Waals surface area contributed by atoms with Gasteiger partial charge in [0.2, 0.25) is 5.52 Å². The van der Waals surface area contributed by atoms with Crippen molar-refractivity contribution in [1.29, 1.82) is 0 Å². The minimum atomic E-state index is -6.12. The first-order valence-corrected chi connectivity index (χ1v) is 22.6. The van der Waals surface area contributed by atoms with Crippen molar-refractivity contribution in [2.24, 2.45) is 11.8 Å². The van der Waals surface area contributed by atoms with Gasteiger partial charge in [-0.05, 0) is 56.7 Å². The summed E-state index contributed by atoms with van der Waals surface area (Å²) in [6.45, 7) is 14.0. The number of sulfonamides is 1. The predicted octanol–water partition coefficient (Wildman–Crippen LogP) is 10.5. The third kappa shape index (κ3) is 11.8. The summed E-state index contributed by atoms with van der Waals surface area (Å²) in [7, 11) is -11.1. The fraction of sp³-hybridized carbons (Fsp3) is 0.568. The maximum Gasteiger partial charge on any atom is 0.480 e. The summed E-state index contributed by atoms with van der Waals surface area (Å²) < 4.78 is 92.5. The Morgan fingerprint density at radius 1 is 0.885 bits per heavy atom. The molecule has 15 heteroatoms. The first-order valence-electron chi connectivity index (χ1n) is 18.1. The van der Waals surface area contributed by atoms with Crippen molar-refractivity contribution in [3.8, 4) is 0 Å². The molecule has 0 radical (unpaired) electrons. The zero-order valence-corrected chi connectivity index (χ0v) is 34.3. The number of hydrogen-bond donors (Lipinski definition) is 0. The zero-order valence-electron chi connectivity index (χ0n) is 31.0. The smallest absolute Gasteiger partial charge is 0.415 e. The number of anilines is 1. The van der Waals surface area contributed by atoms with Crippen LogP contribution in [0.3, 0.4) is 0 Å². The molecule has 2 atom stereocenters. The summed E-state index contributed by atoms with van der Waals surface area (Å²) in [6, 6.07) is 17.2. The van der Waals surface area contributed by atoms with Crippen molar-refractivity contribution in [2.75, 3.05) is 24.5 Å². The van der Waals surface area contributed by atoms with Crippen molar-refractivity contribution >= 4 is 65.3 Å². The number of aromatic nitrogens is 1. The number of alkyl halides is 3. The Hall–Kier alpha value is -2.39. The van der Waals surface area contributed by atoms with Gasteiger partial charge in [-0.3, -0.25) is 0 Å². The molecule has 0 bridgehead atoms. The molecule has 0 aliphatic carbocycles. The minimum absolute atomic E-state index is 0.0294. The van der Waals surface area contributed by atoms with Crippen LogP contribution in [0.15, 0.2) is 64.2 Å². The second-order valence-electron chi connectivity index (χ2n) is 12.7. The Balaban J connectivity index is 0.000000282. The number of hydrogen-bond acceptors (Lipinski definition) is 7. The second-order valence-corrected chi connectivity index (χ2v) is 18.2. The van der Waals surface area contributed by atoms with Gasteiger partial charge in [0.05, 0.1) is 11.8 Å². The lowest BCUT2D eigenvalue weighted by atomic mass is 9.97. The van der Waals surface area contributed by atoms with Gasteiger partial charge in [-0.15, -0.1) is 0 Å². The normalized spacial score (nSPS) is 14.6. The van der Waals surface area contributed by atoms with Crippen LogP contribution in [0.4, 0.5) is 18.9 Å². The molecule has 4 rings (SSSR count). The molecule has 52 heavy (non-hydrogen) atoms. The molecule has 0 amide bonds. The number of rotatable bonds is 18. The van der Waals surface area contributed by atoms with E-state index < -0.39 is 25.7 Å². The summed E-state index contributed by atoms with van der Waals surface area (Å²) in [5.41, 5.74) is 0.402. The molecule has 1 aliphatic rings. The molecule has 2 aromatic carbocycles. The van der Waals surface area contributed by atoms with Crippen LogP contribution in [0.1, 0.15) is 97.9 Å². The van der Waals surface area contributed by atoms with Crippen LogP contribution in [0.2, 0.25) is 0 Å². The summed E-state index contributed by atoms with van der Waals surface area (Å²) >= 11 is 3.63. The Bertz CT molecular complexity index is 1860. The van der Waals surface area contributed by atoms with Crippen LogP contribution < -0.4 is 9.47 Å². The summed E-state index contributed by atoms with van der Waals surface area (Å²) in [5.74, 6) is -0.135. The Kier molecular flexibility index (Phi) is 17.2. The Morgan fingerprint density at radius 3 is 2.00 bits per heavy atom. The summed E-state index contributed by atoms with van der Waals surface area (Å²) in [4.78, 5) is 3.65. The van der Waals surface area contributed by atoms with Crippen LogP contribution in [0, 0.1) is 11.8 Å². The van der Waals surface area contributed by atoms with Crippen molar-refractivity contribution in [1.82, 2.24) is 4.31 Å². The summed E-state index contributed by atoms with van der Waals surface area (Å²) in [5, 5.41) is 2.43. The third-order valence-corrected chi connectivity index (χ3v) is 14.3. The largest absolute Gasteiger partial charge is 0.480 e. The third-order valence-electron chi connectivity index (χ3n) is 9.02. The molecule has 0 spiro atoms. The highest BCUT2D eigenvalue weighted by molar-refractivity contribution is 8.11. The monoisotopic (exact) mass is 802 g/mol. The first-order chi connectivity index (χ1) is 24.7. The van der Waals surface area contributed by atoms with Crippen LogP contribution >= 0.6 is 23.1 Å². The van der Waals surface area contributed by atoms with Crippen molar-refractivity contribution in [3.63, 3.8) is 0 Å². The lowest BCUT2D eigenvalue weighted by Crippen LogP contribution is -2.40. The van der Waals surface area contributed by atoms with E-state index in [1.54, 1.807) is 11.8 Å². The molecule has 1 aromatic heterocycles. The van der Waals surface area contributed by atoms with E-state index in [9.17, 15) is 30.0 Å². The molecular formula is C37H53F3N4O4S4. The predicted molar refractivity (Wildman–Crippen MR) is 210 cm³/mol. The topological polar surface area (TPSA) is 92.7 Å². The highest BCUT2D eigenvalue weighted by Gasteiger charge is 2.41. The molecule has 8 nitrogen and oxygen atoms in total. The van der Waals surface area contributed by atoms with Crippen LogP contribution in [0.25, 0.3) is 20.4 Å². The summed E-state index contributed by atoms with van der Waals surface area (Å²) in [6.07, 6.45) is 8.40. The number of unbranched alkanes of at least 4 members (excludes halogenated alkanes) is 2. The maximum atomic E-state index is 12.7. The number of halogens is 3. The number of para-hydroxylation sites is 2. The molecule has 0 N–H and O–H groups in total. The first kappa shape index (κ1) is 44.0. The molecule has 290 valence electrons. The van der Waals surface area contributed by atoms with Gasteiger partial charge in [0, 0.05) is 30.6 Å². The van der Waals surface area contributed by atoms with Crippen LogP contribution in [-0.4, -0.2) is 46.3 Å². The van der Waals surface area contributed by atoms with Gasteiger partial charge in [0.25, 0.3) is 5.01 Å². The van der Waals surface area contributed by atoms with Gasteiger partial charge in [-0.2, -0.15) is 17.7 Å². The number of aryl methyl sites for hydroxylation is 1. The quantitative estimate of drug-likeness (QED) is 0.0939. The minimum Gasteiger partial charge on any atom is -0.415 e. The van der Waals surface area contributed by atoms with Gasteiger partial charge in [0.1, 0.15) is 26.5 Å². The molecule has 2 heterocycles. The Labute approximate surface area is 317 Å². The maximum absolute atomic E-state index is 12.7. The van der Waals surface area contributed by atoms with E-state index in [1.165, 1.54) is 30.8 Å². The van der Waals surface area contributed by atoms with E-state index in [4.69, 9.17) is 0 Å². The second kappa shape index (κ2) is 20.3. The SMILES string of the molecule is CCCCC(CC)CN(CC(CC)CCCC)S(=O)(=O)[N-]S(=O)(=O)C(F)(F)F.CCN1C(=C=Cc2sc3ccccc3[n+]2CC)Sc2ccccc21. The van der Waals surface area contributed by atoms with Gasteiger partial charge in [0.15, 0.2) is 10.0 Å². The van der Waals surface area contributed by atoms with Crippen molar-refractivity contribution in [3.05, 3.63) is 68.4 Å². The highest BCUT2D eigenvalue weighted by atomic mass is 32.3. The van der Waals surface area contributed by atoms with Crippen molar-refractivity contribution in [2.45, 2.75) is 110 Å². The molecular weight excluding hydrogens is 750 g/mol. The number of thiazole rings is 1. The number of fused-ring (bicyclic) bond motifs is 2. The fourth-order valence-electron chi connectivity index (χ4n) is 5.95. The van der Waals surface area contributed by atoms with Gasteiger partial charge in [-0.1, -0.05) is 119 Å². The van der Waals surface area contributed by atoms with Crippen LogP contribution in [0.5, 0.6) is 0 Å². The van der Waals surface area contributed by atoms with E-state index in [0.717, 1.165) is 55.9 Å². The van der Waals surface area contributed by atoms with E-state index in [2.05, 4.69) is 87.8 Å². The average Bonchev–Trinajstić information content (AvgIpc) is 3.66. The molecule has 3 aromatic rings. The molecule has 1 aliphatic heterocycles. The lowest BCUT2D eigenvalue weighted by Gasteiger charge is -2.35. The number of nitrogens with zero attached hydrogens (tertiary/aromatic N) is 4. The highest BCUT2D eigenvalue weighted by Crippen LogP contribution is 2.45. The van der Waals surface area contributed by atoms with Gasteiger partial charge < -0.3 is 9.03 Å². The average molecular weight is 803 g/mol. The van der Waals surface area contributed by atoms with Crippen LogP contribution in [-0.2, 0) is 26.8 Å². The zero-order chi connectivity index (χ0) is 38.5. The number of thioether (sulfide) groups is 1. The molecule has 0 saturated heterocycles. The van der Waals surface area contributed by atoms with E-state index in [0.29, 0.717) is 12.8 Å². The Morgan fingerprint density at radius 2 is 1.46 bits per heavy atom. The lowest BCUT2D eigenvalue weighted by molar-refractivity contribution is -0.665. The van der Waals surface area contributed by atoms with E-state index in [1.807, 2.05) is 39.0 Å². The van der Waals surface area contributed by atoms with E-state index in [-0.39, 0.29) is 24.9 Å². The molecule has 2 unspecified atom stereocenters. The van der Waals surface area contributed by atoms with Gasteiger partial charge in [-0.25, -0.2) is 21.1 Å². The van der Waals surface area contributed by atoms with E-state index >= 15 is 0 Å². The fourth-order valence-corrected chi connectivity index (χ4v) is 10.7. The standard InChI is InChI=1S/C20H19N2S2.C17H34F3N2O4S2/c1-3-21-15-9-5-7-11-17(15)23-19(21)13-14-20-22(4-2)16-10-6-8-12-18(16)24-20;1-5-9-11-15(7-3)13-22(14-16(8-4)12-10-6-2)28(25,26)21-27(23,24)17(18,19)20/h5-13H,3-4H2,1-2H3;15-16H,5-14H2,1-4H3/q+1;-1. The molecule has 0 fully saturated rings.